The Morgan fingerprint density at radius 1 is 0.828 bits per heavy atom. The van der Waals surface area contributed by atoms with Gasteiger partial charge in [-0.15, -0.1) is 0 Å². The maximum atomic E-state index is 13.7. The highest BCUT2D eigenvalue weighted by molar-refractivity contribution is 5.71. The minimum atomic E-state index is -5.86. The van der Waals surface area contributed by atoms with Gasteiger partial charge in [0.05, 0.1) is 0 Å². The Bertz CT molecular complexity index is 677. The van der Waals surface area contributed by atoms with Crippen molar-refractivity contribution in [3.63, 3.8) is 0 Å². The van der Waals surface area contributed by atoms with Gasteiger partial charge in [-0.1, -0.05) is 45.0 Å². The summed E-state index contributed by atoms with van der Waals surface area (Å²) >= 11 is 0. The molecule has 0 aromatic heterocycles. The van der Waals surface area contributed by atoms with Gasteiger partial charge < -0.3 is 9.47 Å². The molecule has 0 saturated carbocycles. The van der Waals surface area contributed by atoms with Gasteiger partial charge in [0.25, 0.3) is 5.60 Å². The average Bonchev–Trinajstić information content (AvgIpc) is 2.43. The van der Waals surface area contributed by atoms with Crippen molar-refractivity contribution in [1.82, 2.24) is 0 Å². The fourth-order valence-electron chi connectivity index (χ4n) is 2.74. The van der Waals surface area contributed by atoms with Gasteiger partial charge in [0, 0.05) is 5.56 Å². The minimum Gasteiger partial charge on any atom is -0.458 e. The highest BCUT2D eigenvalue weighted by atomic mass is 19.4. The third kappa shape index (κ3) is 6.62. The summed E-state index contributed by atoms with van der Waals surface area (Å²) in [6.07, 6.45) is -11.3. The van der Waals surface area contributed by atoms with Crippen LogP contribution in [0.5, 0.6) is 0 Å². The van der Waals surface area contributed by atoms with Gasteiger partial charge in [0.1, 0.15) is 12.2 Å². The molecular formula is C20H26F6O3. The van der Waals surface area contributed by atoms with Crippen LogP contribution in [0.4, 0.5) is 26.3 Å². The molecule has 3 nitrogen and oxygen atoms in total. The lowest BCUT2D eigenvalue weighted by Gasteiger charge is -2.37. The molecule has 0 bridgehead atoms. The number of halogens is 6. The van der Waals surface area contributed by atoms with E-state index in [0.717, 1.165) is 12.1 Å². The molecule has 0 heterocycles. The smallest absolute Gasteiger partial charge is 0.430 e. The molecular weight excluding hydrogens is 402 g/mol. The number of alkyl halides is 6. The van der Waals surface area contributed by atoms with E-state index in [9.17, 15) is 31.1 Å². The predicted octanol–water partition coefficient (Wildman–Crippen LogP) is 5.95. The molecule has 29 heavy (non-hydrogen) atoms. The molecule has 1 aromatic carbocycles. The van der Waals surface area contributed by atoms with Crippen molar-refractivity contribution in [1.29, 1.82) is 0 Å². The van der Waals surface area contributed by atoms with E-state index in [1.54, 1.807) is 0 Å². The number of hydrogen-bond donors (Lipinski definition) is 0. The fraction of sp³-hybridized carbons (Fsp3) is 0.650. The Kier molecular flexibility index (Phi) is 7.11. The maximum absolute atomic E-state index is 13.7. The Morgan fingerprint density at radius 3 is 1.62 bits per heavy atom. The molecule has 0 unspecified atom stereocenters. The van der Waals surface area contributed by atoms with Gasteiger partial charge in [-0.2, -0.15) is 26.3 Å². The monoisotopic (exact) mass is 428 g/mol. The van der Waals surface area contributed by atoms with E-state index < -0.39 is 41.7 Å². The first-order valence-corrected chi connectivity index (χ1v) is 8.87. The number of esters is 1. The molecule has 1 aromatic rings. The third-order valence-electron chi connectivity index (χ3n) is 3.72. The number of rotatable bonds is 5. The average molecular weight is 428 g/mol. The summed E-state index contributed by atoms with van der Waals surface area (Å²) < 4.78 is 91.4. The van der Waals surface area contributed by atoms with E-state index in [1.807, 2.05) is 20.8 Å². The number of carbonyl (C=O) groups excluding carboxylic acids is 1. The molecule has 0 atom stereocenters. The molecule has 0 fully saturated rings. The first-order valence-electron chi connectivity index (χ1n) is 8.87. The lowest BCUT2D eigenvalue weighted by molar-refractivity contribution is -0.388. The van der Waals surface area contributed by atoms with Gasteiger partial charge >= 0.3 is 18.3 Å². The summed E-state index contributed by atoms with van der Waals surface area (Å²) in [5.41, 5.74) is -6.53. The van der Waals surface area contributed by atoms with Gasteiger partial charge in [0.15, 0.2) is 0 Å². The molecule has 0 saturated heterocycles. The standard InChI is InChI=1S/C20H26F6O3/c1-16(2,3)11-13-7-9-14(10-8-13)18(19(21,22)23,20(24,25)26)28-12-15(27)29-17(4,5)6/h7-10H,11-12H2,1-6H3. The number of carbonyl (C=O) groups is 1. The van der Waals surface area contributed by atoms with Crippen molar-refractivity contribution in [2.24, 2.45) is 5.41 Å². The van der Waals surface area contributed by atoms with E-state index in [4.69, 9.17) is 4.74 Å². The zero-order valence-corrected chi connectivity index (χ0v) is 17.2. The Balaban J connectivity index is 3.36. The third-order valence-corrected chi connectivity index (χ3v) is 3.72. The van der Waals surface area contributed by atoms with E-state index in [2.05, 4.69) is 4.74 Å². The Morgan fingerprint density at radius 2 is 1.28 bits per heavy atom. The van der Waals surface area contributed by atoms with Crippen LogP contribution >= 0.6 is 0 Å². The van der Waals surface area contributed by atoms with Gasteiger partial charge in [0.2, 0.25) is 0 Å². The largest absolute Gasteiger partial charge is 0.458 e. The molecule has 0 aliphatic carbocycles. The first-order chi connectivity index (χ1) is 12.8. The number of ether oxygens (including phenoxy) is 2. The molecule has 9 heteroatoms. The summed E-state index contributed by atoms with van der Waals surface area (Å²) in [7, 11) is 0. The van der Waals surface area contributed by atoms with E-state index in [1.165, 1.54) is 32.9 Å². The fourth-order valence-corrected chi connectivity index (χ4v) is 2.74. The van der Waals surface area contributed by atoms with Crippen molar-refractivity contribution >= 4 is 5.97 Å². The van der Waals surface area contributed by atoms with Crippen LogP contribution in [0.25, 0.3) is 0 Å². The highest BCUT2D eigenvalue weighted by Gasteiger charge is 2.73. The van der Waals surface area contributed by atoms with Gasteiger partial charge in [-0.25, -0.2) is 4.79 Å². The molecule has 0 spiro atoms. The predicted molar refractivity (Wildman–Crippen MR) is 95.2 cm³/mol. The van der Waals surface area contributed by atoms with Crippen LogP contribution in [0.3, 0.4) is 0 Å². The van der Waals surface area contributed by atoms with Crippen LogP contribution in [0.1, 0.15) is 52.7 Å². The maximum Gasteiger partial charge on any atom is 0.430 e. The second kappa shape index (κ2) is 8.16. The molecule has 0 radical (unpaired) electrons. The van der Waals surface area contributed by atoms with Crippen molar-refractivity contribution in [2.45, 2.75) is 71.5 Å². The highest BCUT2D eigenvalue weighted by Crippen LogP contribution is 2.53. The second-order valence-corrected chi connectivity index (χ2v) is 8.99. The lowest BCUT2D eigenvalue weighted by Crippen LogP contribution is -2.56. The molecule has 166 valence electrons. The lowest BCUT2D eigenvalue weighted by atomic mass is 9.86. The second-order valence-electron chi connectivity index (χ2n) is 8.99. The van der Waals surface area contributed by atoms with Crippen LogP contribution in [-0.4, -0.2) is 30.5 Å². The summed E-state index contributed by atoms with van der Waals surface area (Å²) in [5, 5.41) is 0. The van der Waals surface area contributed by atoms with Crippen LogP contribution in [0, 0.1) is 5.41 Å². The summed E-state index contributed by atoms with van der Waals surface area (Å²) in [4.78, 5) is 11.7. The van der Waals surface area contributed by atoms with E-state index >= 15 is 0 Å². The quantitative estimate of drug-likeness (QED) is 0.429. The van der Waals surface area contributed by atoms with Crippen LogP contribution in [-0.2, 0) is 26.3 Å². The van der Waals surface area contributed by atoms with Crippen LogP contribution in [0.2, 0.25) is 0 Å². The van der Waals surface area contributed by atoms with Crippen molar-refractivity contribution in [3.8, 4) is 0 Å². The van der Waals surface area contributed by atoms with Crippen molar-refractivity contribution in [2.75, 3.05) is 6.61 Å². The van der Waals surface area contributed by atoms with E-state index in [-0.39, 0.29) is 5.41 Å². The summed E-state index contributed by atoms with van der Waals surface area (Å²) in [6.45, 7) is 8.45. The first kappa shape index (κ1) is 25.3. The van der Waals surface area contributed by atoms with Crippen molar-refractivity contribution in [3.05, 3.63) is 35.4 Å². The van der Waals surface area contributed by atoms with Gasteiger partial charge in [-0.3, -0.25) is 0 Å². The summed E-state index contributed by atoms with van der Waals surface area (Å²) in [5.74, 6) is -1.33. The Hall–Kier alpha value is -1.77. The molecule has 0 N–H and O–H groups in total. The topological polar surface area (TPSA) is 35.5 Å². The molecule has 0 aliphatic heterocycles. The number of hydrogen-bond acceptors (Lipinski definition) is 3. The zero-order valence-electron chi connectivity index (χ0n) is 17.2. The molecule has 1 rings (SSSR count). The van der Waals surface area contributed by atoms with Gasteiger partial charge in [-0.05, 0) is 38.2 Å². The molecule has 0 aliphatic rings. The van der Waals surface area contributed by atoms with Crippen LogP contribution in [0.15, 0.2) is 24.3 Å². The van der Waals surface area contributed by atoms with E-state index in [0.29, 0.717) is 12.0 Å². The Labute approximate surface area is 166 Å². The van der Waals surface area contributed by atoms with Crippen molar-refractivity contribution < 1.29 is 40.6 Å². The summed E-state index contributed by atoms with van der Waals surface area (Å²) in [6, 6.07) is 3.86. The molecule has 0 amide bonds. The normalized spacial score (nSPS) is 14.1. The zero-order chi connectivity index (χ0) is 22.9. The van der Waals surface area contributed by atoms with Crippen LogP contribution < -0.4 is 0 Å². The number of benzene rings is 1. The SMILES string of the molecule is CC(C)(C)Cc1ccc(C(OCC(=O)OC(C)(C)C)(C(F)(F)F)C(F)(F)F)cc1. The minimum absolute atomic E-state index is 0.208.